The van der Waals surface area contributed by atoms with Crippen molar-refractivity contribution in [3.63, 3.8) is 0 Å². The zero-order chi connectivity index (χ0) is 14.9. The number of benzene rings is 1. The lowest BCUT2D eigenvalue weighted by Gasteiger charge is -2.51. The first kappa shape index (κ1) is 14.3. The lowest BCUT2D eigenvalue weighted by molar-refractivity contribution is -0.384. The van der Waals surface area contributed by atoms with E-state index in [1.807, 2.05) is 6.07 Å². The van der Waals surface area contributed by atoms with Crippen molar-refractivity contribution in [3.8, 4) is 6.07 Å². The van der Waals surface area contributed by atoms with Gasteiger partial charge in [-0.2, -0.15) is 5.26 Å². The molecule has 1 aromatic rings. The molecule has 0 bridgehead atoms. The molecule has 2 unspecified atom stereocenters. The van der Waals surface area contributed by atoms with Crippen LogP contribution >= 0.6 is 0 Å². The van der Waals surface area contributed by atoms with Gasteiger partial charge in [-0.3, -0.25) is 10.1 Å². The highest BCUT2D eigenvalue weighted by Gasteiger charge is 2.49. The Hall–Kier alpha value is -2.13. The van der Waals surface area contributed by atoms with Crippen LogP contribution < -0.4 is 5.32 Å². The van der Waals surface area contributed by atoms with Crippen molar-refractivity contribution in [3.05, 3.63) is 33.9 Å². The number of hydrogen-bond acceptors (Lipinski definition) is 5. The van der Waals surface area contributed by atoms with Gasteiger partial charge in [-0.05, 0) is 18.6 Å². The summed E-state index contributed by atoms with van der Waals surface area (Å²) >= 11 is 0. The van der Waals surface area contributed by atoms with Crippen molar-refractivity contribution in [2.75, 3.05) is 12.4 Å². The number of ether oxygens (including phenoxy) is 1. The molecule has 2 rings (SSSR count). The second-order valence-electron chi connectivity index (χ2n) is 5.58. The summed E-state index contributed by atoms with van der Waals surface area (Å²) in [7, 11) is 1.67. The molecular formula is C14H17N3O3. The van der Waals surface area contributed by atoms with Crippen molar-refractivity contribution in [2.45, 2.75) is 32.4 Å². The van der Waals surface area contributed by atoms with Gasteiger partial charge in [-0.1, -0.05) is 13.8 Å². The van der Waals surface area contributed by atoms with E-state index >= 15 is 0 Å². The Balaban J connectivity index is 2.23. The molecule has 0 aromatic heterocycles. The highest BCUT2D eigenvalue weighted by atomic mass is 16.6. The summed E-state index contributed by atoms with van der Waals surface area (Å²) in [5, 5.41) is 23.1. The van der Waals surface area contributed by atoms with Crippen molar-refractivity contribution >= 4 is 11.4 Å². The largest absolute Gasteiger partial charge is 0.381 e. The summed E-state index contributed by atoms with van der Waals surface area (Å²) in [6.07, 6.45) is 0.957. The van der Waals surface area contributed by atoms with Crippen LogP contribution in [0, 0.1) is 26.9 Å². The Bertz CT molecular complexity index is 578. The van der Waals surface area contributed by atoms with E-state index in [-0.39, 0.29) is 28.8 Å². The minimum absolute atomic E-state index is 0.0688. The molecule has 0 amide bonds. The fourth-order valence-electron chi connectivity index (χ4n) is 2.59. The topological polar surface area (TPSA) is 88.2 Å². The maximum Gasteiger partial charge on any atom is 0.293 e. The predicted molar refractivity (Wildman–Crippen MR) is 74.4 cm³/mol. The van der Waals surface area contributed by atoms with E-state index in [1.54, 1.807) is 19.2 Å². The molecule has 1 aliphatic carbocycles. The number of nitrogens with one attached hydrogen (secondary N) is 1. The Morgan fingerprint density at radius 2 is 2.25 bits per heavy atom. The SMILES string of the molecule is COC1CC(Nc2ccc(C#N)cc2[N+](=O)[O-])C1(C)C. The molecule has 106 valence electrons. The van der Waals surface area contributed by atoms with Gasteiger partial charge in [0.2, 0.25) is 0 Å². The summed E-state index contributed by atoms with van der Waals surface area (Å²) in [5.74, 6) is 0. The van der Waals surface area contributed by atoms with E-state index in [2.05, 4.69) is 19.2 Å². The monoisotopic (exact) mass is 275 g/mol. The van der Waals surface area contributed by atoms with Gasteiger partial charge in [0.15, 0.2) is 0 Å². The van der Waals surface area contributed by atoms with Crippen LogP contribution in [0.1, 0.15) is 25.8 Å². The fraction of sp³-hybridized carbons (Fsp3) is 0.500. The number of nitrogens with zero attached hydrogens (tertiary/aromatic N) is 2. The fourth-order valence-corrected chi connectivity index (χ4v) is 2.59. The molecule has 1 N–H and O–H groups in total. The van der Waals surface area contributed by atoms with Crippen molar-refractivity contribution in [2.24, 2.45) is 5.41 Å². The molecule has 20 heavy (non-hydrogen) atoms. The van der Waals surface area contributed by atoms with E-state index < -0.39 is 4.92 Å². The molecule has 1 fully saturated rings. The second kappa shape index (κ2) is 5.10. The van der Waals surface area contributed by atoms with Crippen LogP contribution in [0.2, 0.25) is 0 Å². The number of methoxy groups -OCH3 is 1. The maximum atomic E-state index is 11.1. The number of hydrogen-bond donors (Lipinski definition) is 1. The molecule has 1 aromatic carbocycles. The molecule has 0 aliphatic heterocycles. The van der Waals surface area contributed by atoms with E-state index in [0.29, 0.717) is 5.69 Å². The molecule has 6 nitrogen and oxygen atoms in total. The van der Waals surface area contributed by atoms with Gasteiger partial charge in [0, 0.05) is 24.6 Å². The number of anilines is 1. The van der Waals surface area contributed by atoms with Gasteiger partial charge in [0.25, 0.3) is 5.69 Å². The van der Waals surface area contributed by atoms with Gasteiger partial charge in [0.05, 0.1) is 22.7 Å². The van der Waals surface area contributed by atoms with Crippen molar-refractivity contribution in [1.29, 1.82) is 5.26 Å². The third kappa shape index (κ3) is 2.32. The second-order valence-corrected chi connectivity index (χ2v) is 5.58. The Morgan fingerprint density at radius 1 is 1.55 bits per heavy atom. The predicted octanol–water partition coefficient (Wildman–Crippen LogP) is 2.69. The lowest BCUT2D eigenvalue weighted by Crippen LogP contribution is -2.57. The van der Waals surface area contributed by atoms with E-state index in [4.69, 9.17) is 10.00 Å². The third-order valence-electron chi connectivity index (χ3n) is 4.12. The van der Waals surface area contributed by atoms with Crippen LogP contribution in [-0.4, -0.2) is 24.2 Å². The molecule has 0 heterocycles. The zero-order valence-corrected chi connectivity index (χ0v) is 11.7. The zero-order valence-electron chi connectivity index (χ0n) is 11.7. The highest BCUT2D eigenvalue weighted by Crippen LogP contribution is 2.44. The van der Waals surface area contributed by atoms with Gasteiger partial charge in [0.1, 0.15) is 5.69 Å². The highest BCUT2D eigenvalue weighted by molar-refractivity contribution is 5.64. The summed E-state index contributed by atoms with van der Waals surface area (Å²) in [5.41, 5.74) is 0.573. The molecule has 0 spiro atoms. The molecular weight excluding hydrogens is 258 g/mol. The Morgan fingerprint density at radius 3 is 2.75 bits per heavy atom. The molecule has 1 saturated carbocycles. The van der Waals surface area contributed by atoms with Crippen LogP contribution in [0.4, 0.5) is 11.4 Å². The van der Waals surface area contributed by atoms with E-state index in [9.17, 15) is 10.1 Å². The standard InChI is InChI=1S/C14H17N3O3/c1-14(2)12(7-13(14)20-3)16-10-5-4-9(8-15)6-11(10)17(18)19/h4-6,12-13,16H,7H2,1-3H3. The maximum absolute atomic E-state index is 11.1. The molecule has 1 aliphatic rings. The van der Waals surface area contributed by atoms with Gasteiger partial charge in [-0.25, -0.2) is 0 Å². The minimum atomic E-state index is -0.470. The number of nitriles is 1. The smallest absolute Gasteiger partial charge is 0.293 e. The molecule has 2 atom stereocenters. The Kier molecular flexibility index (Phi) is 3.64. The first-order valence-corrected chi connectivity index (χ1v) is 6.38. The summed E-state index contributed by atoms with van der Waals surface area (Å²) in [4.78, 5) is 10.6. The van der Waals surface area contributed by atoms with E-state index in [1.165, 1.54) is 6.07 Å². The summed E-state index contributed by atoms with van der Waals surface area (Å²) in [6.45, 7) is 4.13. The minimum Gasteiger partial charge on any atom is -0.381 e. The van der Waals surface area contributed by atoms with Gasteiger partial charge >= 0.3 is 0 Å². The summed E-state index contributed by atoms with van der Waals surface area (Å²) < 4.78 is 5.37. The summed E-state index contributed by atoms with van der Waals surface area (Å²) in [6, 6.07) is 6.48. The normalized spacial score (nSPS) is 23.5. The molecule has 0 saturated heterocycles. The van der Waals surface area contributed by atoms with Gasteiger partial charge < -0.3 is 10.1 Å². The van der Waals surface area contributed by atoms with Crippen molar-refractivity contribution in [1.82, 2.24) is 0 Å². The lowest BCUT2D eigenvalue weighted by atomic mass is 9.64. The average molecular weight is 275 g/mol. The van der Waals surface area contributed by atoms with Crippen LogP contribution in [0.3, 0.4) is 0 Å². The van der Waals surface area contributed by atoms with Crippen LogP contribution in [0.5, 0.6) is 0 Å². The van der Waals surface area contributed by atoms with Crippen LogP contribution in [0.15, 0.2) is 18.2 Å². The average Bonchev–Trinajstić information content (AvgIpc) is 2.42. The first-order valence-electron chi connectivity index (χ1n) is 6.38. The molecule has 6 heteroatoms. The first-order chi connectivity index (χ1) is 9.40. The van der Waals surface area contributed by atoms with Crippen LogP contribution in [0.25, 0.3) is 0 Å². The Labute approximate surface area is 117 Å². The van der Waals surface area contributed by atoms with Crippen LogP contribution in [-0.2, 0) is 4.74 Å². The van der Waals surface area contributed by atoms with E-state index in [0.717, 1.165) is 6.42 Å². The third-order valence-corrected chi connectivity index (χ3v) is 4.12. The number of nitro benzene ring substituents is 1. The number of rotatable bonds is 4. The quantitative estimate of drug-likeness (QED) is 0.674. The number of nitro groups is 1. The van der Waals surface area contributed by atoms with Crippen molar-refractivity contribution < 1.29 is 9.66 Å². The molecule has 0 radical (unpaired) electrons. The van der Waals surface area contributed by atoms with Gasteiger partial charge in [-0.15, -0.1) is 0 Å².